The van der Waals surface area contributed by atoms with Crippen molar-refractivity contribution < 1.29 is 4.79 Å². The van der Waals surface area contributed by atoms with Crippen LogP contribution in [0, 0.1) is 6.92 Å². The second-order valence-corrected chi connectivity index (χ2v) is 6.83. The maximum Gasteiger partial charge on any atom is 0.209 e. The molecule has 1 aliphatic heterocycles. The van der Waals surface area contributed by atoms with E-state index in [1.807, 2.05) is 25.1 Å². The van der Waals surface area contributed by atoms with Gasteiger partial charge in [-0.25, -0.2) is 4.98 Å². The van der Waals surface area contributed by atoms with E-state index in [2.05, 4.69) is 34.3 Å². The number of aromatic nitrogens is 2. The molecule has 0 saturated carbocycles. The molecule has 4 nitrogen and oxygen atoms in total. The molecule has 3 heterocycles. The number of anilines is 1. The fourth-order valence-corrected chi connectivity index (χ4v) is 4.36. The standard InChI is InChI=1S/C18H17N3OS/c1-10-8-9-23-17(10)16-15(12(3)22)11(2)19-18-20-13-6-4-5-7-14(13)21(16)18/h4-9,16H,1-3H3,(H,19,20)/t16-/m0/s1. The summed E-state index contributed by atoms with van der Waals surface area (Å²) in [6, 6.07) is 10.0. The lowest BCUT2D eigenvalue weighted by Crippen LogP contribution is -2.26. The van der Waals surface area contributed by atoms with E-state index in [0.717, 1.165) is 28.3 Å². The van der Waals surface area contributed by atoms with Crippen LogP contribution in [0.2, 0.25) is 0 Å². The summed E-state index contributed by atoms with van der Waals surface area (Å²) in [7, 11) is 0. The molecule has 1 atom stereocenters. The number of rotatable bonds is 2. The molecule has 0 bridgehead atoms. The molecule has 2 aromatic heterocycles. The van der Waals surface area contributed by atoms with Crippen molar-refractivity contribution in [2.24, 2.45) is 0 Å². The number of imidazole rings is 1. The summed E-state index contributed by atoms with van der Waals surface area (Å²) in [6.45, 7) is 5.69. The first kappa shape index (κ1) is 14.2. The minimum atomic E-state index is -0.115. The van der Waals surface area contributed by atoms with E-state index in [-0.39, 0.29) is 11.8 Å². The van der Waals surface area contributed by atoms with Gasteiger partial charge in [0.2, 0.25) is 5.95 Å². The number of thiophene rings is 1. The Labute approximate surface area is 138 Å². The molecule has 0 fully saturated rings. The van der Waals surface area contributed by atoms with Crippen LogP contribution in [0.5, 0.6) is 0 Å². The van der Waals surface area contributed by atoms with Crippen LogP contribution in [0.25, 0.3) is 11.0 Å². The van der Waals surface area contributed by atoms with Crippen molar-refractivity contribution in [3.05, 3.63) is 57.4 Å². The molecular formula is C18H17N3OS. The van der Waals surface area contributed by atoms with E-state index in [4.69, 9.17) is 4.98 Å². The molecule has 5 heteroatoms. The monoisotopic (exact) mass is 323 g/mol. The van der Waals surface area contributed by atoms with Crippen LogP contribution in [0.1, 0.15) is 30.3 Å². The Morgan fingerprint density at radius 1 is 1.26 bits per heavy atom. The van der Waals surface area contributed by atoms with Crippen molar-refractivity contribution in [3.8, 4) is 0 Å². The first-order valence-corrected chi connectivity index (χ1v) is 8.45. The van der Waals surface area contributed by atoms with Crippen molar-refractivity contribution >= 4 is 34.1 Å². The number of nitrogens with zero attached hydrogens (tertiary/aromatic N) is 2. The third-order valence-corrected chi connectivity index (χ3v) is 5.43. The van der Waals surface area contributed by atoms with Crippen LogP contribution in [0.4, 0.5) is 5.95 Å². The number of nitrogens with one attached hydrogen (secondary N) is 1. The zero-order valence-electron chi connectivity index (χ0n) is 13.3. The zero-order valence-corrected chi connectivity index (χ0v) is 14.1. The average Bonchev–Trinajstić information content (AvgIpc) is 3.08. The highest BCUT2D eigenvalue weighted by atomic mass is 32.1. The molecule has 4 rings (SSSR count). The number of aryl methyl sites for hydroxylation is 1. The molecule has 0 saturated heterocycles. The molecule has 1 aromatic carbocycles. The SMILES string of the molecule is CC(=O)C1=C(C)Nc2nc3ccccc3n2[C@@H]1c1sccc1C. The first-order valence-electron chi connectivity index (χ1n) is 7.57. The molecule has 23 heavy (non-hydrogen) atoms. The molecule has 0 unspecified atom stereocenters. The van der Waals surface area contributed by atoms with Gasteiger partial charge in [0, 0.05) is 16.1 Å². The summed E-state index contributed by atoms with van der Waals surface area (Å²) in [4.78, 5) is 18.3. The largest absolute Gasteiger partial charge is 0.329 e. The Bertz CT molecular complexity index is 964. The summed E-state index contributed by atoms with van der Waals surface area (Å²) in [5, 5.41) is 5.39. The minimum absolute atomic E-state index is 0.0937. The second kappa shape index (κ2) is 5.06. The summed E-state index contributed by atoms with van der Waals surface area (Å²) in [5.74, 6) is 0.891. The Hall–Kier alpha value is -2.40. The van der Waals surface area contributed by atoms with Gasteiger partial charge in [0.25, 0.3) is 0 Å². The van der Waals surface area contributed by atoms with Gasteiger partial charge >= 0.3 is 0 Å². The highest BCUT2D eigenvalue weighted by molar-refractivity contribution is 7.10. The van der Waals surface area contributed by atoms with Crippen molar-refractivity contribution in [2.45, 2.75) is 26.8 Å². The van der Waals surface area contributed by atoms with Gasteiger partial charge in [0.1, 0.15) is 6.04 Å². The zero-order chi connectivity index (χ0) is 16.1. The van der Waals surface area contributed by atoms with Crippen molar-refractivity contribution in [1.29, 1.82) is 0 Å². The van der Waals surface area contributed by atoms with Crippen LogP contribution in [-0.2, 0) is 4.79 Å². The number of carbonyl (C=O) groups excluding carboxylic acids is 1. The molecule has 1 N–H and O–H groups in total. The topological polar surface area (TPSA) is 46.9 Å². The summed E-state index contributed by atoms with van der Waals surface area (Å²) in [6.07, 6.45) is 0. The van der Waals surface area contributed by atoms with Gasteiger partial charge in [-0.15, -0.1) is 11.3 Å². The van der Waals surface area contributed by atoms with Crippen LogP contribution in [-0.4, -0.2) is 15.3 Å². The van der Waals surface area contributed by atoms with Crippen LogP contribution < -0.4 is 5.32 Å². The Kier molecular flexibility index (Phi) is 3.13. The number of fused-ring (bicyclic) bond motifs is 3. The normalized spacial score (nSPS) is 17.3. The van der Waals surface area contributed by atoms with Crippen molar-refractivity contribution in [2.75, 3.05) is 5.32 Å². The maximum atomic E-state index is 12.4. The predicted octanol–water partition coefficient (Wildman–Crippen LogP) is 4.28. The number of benzene rings is 1. The number of para-hydroxylation sites is 2. The Balaban J connectivity index is 2.07. The number of allylic oxidation sites excluding steroid dienone is 2. The quantitative estimate of drug-likeness (QED) is 0.765. The molecule has 116 valence electrons. The fourth-order valence-electron chi connectivity index (χ4n) is 3.33. The van der Waals surface area contributed by atoms with E-state index in [9.17, 15) is 4.79 Å². The van der Waals surface area contributed by atoms with Gasteiger partial charge in [-0.2, -0.15) is 0 Å². The van der Waals surface area contributed by atoms with Gasteiger partial charge in [-0.3, -0.25) is 9.36 Å². The predicted molar refractivity (Wildman–Crippen MR) is 93.9 cm³/mol. The lowest BCUT2D eigenvalue weighted by atomic mass is 9.96. The molecule has 0 amide bonds. The van der Waals surface area contributed by atoms with Gasteiger partial charge in [0.15, 0.2) is 5.78 Å². The Morgan fingerprint density at radius 3 is 2.74 bits per heavy atom. The maximum absolute atomic E-state index is 12.4. The second-order valence-electron chi connectivity index (χ2n) is 5.88. The van der Waals surface area contributed by atoms with Crippen LogP contribution in [0.3, 0.4) is 0 Å². The minimum Gasteiger partial charge on any atom is -0.329 e. The fraction of sp³-hybridized carbons (Fsp3) is 0.222. The lowest BCUT2D eigenvalue weighted by molar-refractivity contribution is -0.114. The van der Waals surface area contributed by atoms with Gasteiger partial charge in [0.05, 0.1) is 11.0 Å². The van der Waals surface area contributed by atoms with Gasteiger partial charge in [-0.05, 0) is 49.9 Å². The van der Waals surface area contributed by atoms with Crippen molar-refractivity contribution in [3.63, 3.8) is 0 Å². The van der Waals surface area contributed by atoms with E-state index >= 15 is 0 Å². The lowest BCUT2D eigenvalue weighted by Gasteiger charge is -2.29. The molecule has 1 aliphatic rings. The summed E-state index contributed by atoms with van der Waals surface area (Å²) < 4.78 is 2.15. The third-order valence-electron chi connectivity index (χ3n) is 4.36. The summed E-state index contributed by atoms with van der Waals surface area (Å²) in [5.41, 5.74) is 4.88. The first-order chi connectivity index (χ1) is 11.1. The number of Topliss-reactive ketones (excluding diaryl/α,β-unsaturated/α-hetero) is 1. The third kappa shape index (κ3) is 2.04. The number of ketones is 1. The summed E-state index contributed by atoms with van der Waals surface area (Å²) >= 11 is 1.69. The Morgan fingerprint density at radius 2 is 2.04 bits per heavy atom. The molecule has 0 aliphatic carbocycles. The molecule has 0 radical (unpaired) electrons. The van der Waals surface area contributed by atoms with Crippen LogP contribution >= 0.6 is 11.3 Å². The van der Waals surface area contributed by atoms with Crippen LogP contribution in [0.15, 0.2) is 47.0 Å². The number of carbonyl (C=O) groups is 1. The van der Waals surface area contributed by atoms with E-state index < -0.39 is 0 Å². The molecular weight excluding hydrogens is 306 g/mol. The van der Waals surface area contributed by atoms with Crippen molar-refractivity contribution in [1.82, 2.24) is 9.55 Å². The number of hydrogen-bond donors (Lipinski definition) is 1. The average molecular weight is 323 g/mol. The smallest absolute Gasteiger partial charge is 0.209 e. The van der Waals surface area contributed by atoms with E-state index in [1.54, 1.807) is 18.3 Å². The van der Waals surface area contributed by atoms with E-state index in [1.165, 1.54) is 10.4 Å². The van der Waals surface area contributed by atoms with Gasteiger partial charge < -0.3 is 5.32 Å². The molecule has 3 aromatic rings. The highest BCUT2D eigenvalue weighted by Gasteiger charge is 2.33. The van der Waals surface area contributed by atoms with Gasteiger partial charge in [-0.1, -0.05) is 12.1 Å². The van der Waals surface area contributed by atoms with E-state index in [0.29, 0.717) is 0 Å². The number of hydrogen-bond acceptors (Lipinski definition) is 4. The molecule has 0 spiro atoms. The highest BCUT2D eigenvalue weighted by Crippen LogP contribution is 2.42.